The fourth-order valence-corrected chi connectivity index (χ4v) is 2.92. The Morgan fingerprint density at radius 2 is 2.20 bits per heavy atom. The van der Waals surface area contributed by atoms with Crippen molar-refractivity contribution in [2.75, 3.05) is 13.1 Å². The Labute approximate surface area is 131 Å². The third-order valence-corrected chi connectivity index (χ3v) is 4.43. The van der Waals surface area contributed by atoms with E-state index in [0.717, 1.165) is 24.9 Å². The fraction of sp³-hybridized carbons (Fsp3) is 0.533. The summed E-state index contributed by atoms with van der Waals surface area (Å²) in [6, 6.07) is 5.72. The number of rotatable bonds is 2. The summed E-state index contributed by atoms with van der Waals surface area (Å²) in [5.41, 5.74) is 7.34. The van der Waals surface area contributed by atoms with Gasteiger partial charge in [-0.2, -0.15) is 0 Å². The van der Waals surface area contributed by atoms with E-state index in [1.54, 1.807) is 6.07 Å². The molecule has 1 heterocycles. The normalized spacial score (nSPS) is 22.3. The van der Waals surface area contributed by atoms with Gasteiger partial charge in [0.25, 0.3) is 5.91 Å². The number of aryl methyl sites for hydroxylation is 1. The third kappa shape index (κ3) is 3.46. The molecule has 1 saturated heterocycles. The molecule has 5 heteroatoms. The molecule has 112 valence electrons. The van der Waals surface area contributed by atoms with Gasteiger partial charge >= 0.3 is 0 Å². The van der Waals surface area contributed by atoms with Crippen LogP contribution in [0.4, 0.5) is 0 Å². The van der Waals surface area contributed by atoms with E-state index >= 15 is 0 Å². The predicted octanol–water partition coefficient (Wildman–Crippen LogP) is 3.27. The van der Waals surface area contributed by atoms with Crippen molar-refractivity contribution in [3.8, 4) is 0 Å². The highest BCUT2D eigenvalue weighted by atomic mass is 35.5. The van der Waals surface area contributed by atoms with Gasteiger partial charge in [-0.25, -0.2) is 0 Å². The molecule has 1 aliphatic heterocycles. The SMILES string of the molecule is Cc1cccc(C(=O)N2CCC(C)CC2CN)c1Cl.Cl. The highest BCUT2D eigenvalue weighted by molar-refractivity contribution is 6.34. The van der Waals surface area contributed by atoms with Gasteiger partial charge in [0.15, 0.2) is 0 Å². The lowest BCUT2D eigenvalue weighted by Gasteiger charge is -2.38. The van der Waals surface area contributed by atoms with Crippen molar-refractivity contribution in [3.63, 3.8) is 0 Å². The first kappa shape index (κ1) is 17.3. The Bertz CT molecular complexity index is 479. The molecular formula is C15H22Cl2N2O. The largest absolute Gasteiger partial charge is 0.334 e. The number of hydrogen-bond donors (Lipinski definition) is 1. The molecule has 1 fully saturated rings. The molecule has 0 aromatic heterocycles. The Hall–Kier alpha value is -0.770. The third-order valence-electron chi connectivity index (χ3n) is 3.93. The molecule has 1 amide bonds. The standard InChI is InChI=1S/C15H21ClN2O.ClH/c1-10-6-7-18(12(8-10)9-17)15(19)13-5-3-4-11(2)14(13)16;/h3-5,10,12H,6-9,17H2,1-2H3;1H. The summed E-state index contributed by atoms with van der Waals surface area (Å²) in [5.74, 6) is 0.640. The van der Waals surface area contributed by atoms with Gasteiger partial charge in [0, 0.05) is 19.1 Å². The van der Waals surface area contributed by atoms with Gasteiger partial charge < -0.3 is 10.6 Å². The Balaban J connectivity index is 0.00000200. The molecule has 0 spiro atoms. The molecule has 0 radical (unpaired) electrons. The van der Waals surface area contributed by atoms with Gasteiger partial charge in [-0.05, 0) is 37.3 Å². The van der Waals surface area contributed by atoms with E-state index in [4.69, 9.17) is 17.3 Å². The average molecular weight is 317 g/mol. The summed E-state index contributed by atoms with van der Waals surface area (Å²) in [6.45, 7) is 5.41. The van der Waals surface area contributed by atoms with Crippen molar-refractivity contribution in [2.45, 2.75) is 32.7 Å². The molecule has 1 aromatic rings. The van der Waals surface area contributed by atoms with E-state index in [1.807, 2.05) is 24.0 Å². The van der Waals surface area contributed by atoms with Crippen LogP contribution in [0.5, 0.6) is 0 Å². The van der Waals surface area contributed by atoms with Crippen LogP contribution in [0.15, 0.2) is 18.2 Å². The van der Waals surface area contributed by atoms with Crippen molar-refractivity contribution in [1.29, 1.82) is 0 Å². The molecule has 1 aromatic carbocycles. The molecule has 3 nitrogen and oxygen atoms in total. The van der Waals surface area contributed by atoms with E-state index in [1.165, 1.54) is 0 Å². The number of nitrogens with two attached hydrogens (primary N) is 1. The quantitative estimate of drug-likeness (QED) is 0.910. The zero-order chi connectivity index (χ0) is 14.0. The second kappa shape index (κ2) is 7.30. The van der Waals surface area contributed by atoms with Crippen LogP contribution in [0.25, 0.3) is 0 Å². The highest BCUT2D eigenvalue weighted by Gasteiger charge is 2.30. The van der Waals surface area contributed by atoms with Crippen LogP contribution < -0.4 is 5.73 Å². The topological polar surface area (TPSA) is 46.3 Å². The lowest BCUT2D eigenvalue weighted by Crippen LogP contribution is -2.49. The molecule has 20 heavy (non-hydrogen) atoms. The van der Waals surface area contributed by atoms with Crippen LogP contribution in [0.2, 0.25) is 5.02 Å². The predicted molar refractivity (Wildman–Crippen MR) is 85.7 cm³/mol. The number of benzene rings is 1. The van der Waals surface area contributed by atoms with E-state index in [2.05, 4.69) is 6.92 Å². The molecule has 0 aliphatic carbocycles. The molecule has 2 unspecified atom stereocenters. The van der Waals surface area contributed by atoms with Gasteiger partial charge in [0.1, 0.15) is 0 Å². The van der Waals surface area contributed by atoms with Gasteiger partial charge in [-0.15, -0.1) is 12.4 Å². The van der Waals surface area contributed by atoms with Crippen molar-refractivity contribution in [3.05, 3.63) is 34.3 Å². The maximum absolute atomic E-state index is 12.6. The van der Waals surface area contributed by atoms with Crippen LogP contribution in [-0.2, 0) is 0 Å². The van der Waals surface area contributed by atoms with Gasteiger partial charge in [0.05, 0.1) is 10.6 Å². The fourth-order valence-electron chi connectivity index (χ4n) is 2.71. The van der Waals surface area contributed by atoms with Crippen molar-refractivity contribution in [2.24, 2.45) is 11.7 Å². The molecule has 1 aliphatic rings. The molecular weight excluding hydrogens is 295 g/mol. The summed E-state index contributed by atoms with van der Waals surface area (Å²) in [4.78, 5) is 14.5. The van der Waals surface area contributed by atoms with Gasteiger partial charge in [-0.1, -0.05) is 30.7 Å². The number of halogens is 2. The van der Waals surface area contributed by atoms with E-state index in [0.29, 0.717) is 23.0 Å². The molecule has 2 N–H and O–H groups in total. The van der Waals surface area contributed by atoms with E-state index < -0.39 is 0 Å². The summed E-state index contributed by atoms with van der Waals surface area (Å²) in [5, 5.41) is 0.557. The van der Waals surface area contributed by atoms with Crippen LogP contribution in [0.1, 0.15) is 35.7 Å². The van der Waals surface area contributed by atoms with Crippen LogP contribution in [0.3, 0.4) is 0 Å². The van der Waals surface area contributed by atoms with Crippen molar-refractivity contribution >= 4 is 29.9 Å². The zero-order valence-electron chi connectivity index (χ0n) is 11.9. The lowest BCUT2D eigenvalue weighted by atomic mass is 9.92. The first-order valence-corrected chi connectivity index (χ1v) is 7.18. The molecule has 2 atom stereocenters. The van der Waals surface area contributed by atoms with Crippen molar-refractivity contribution < 1.29 is 4.79 Å². The maximum atomic E-state index is 12.6. The van der Waals surface area contributed by atoms with Gasteiger partial charge in [-0.3, -0.25) is 4.79 Å². The second-order valence-electron chi connectivity index (χ2n) is 5.45. The number of likely N-dealkylation sites (tertiary alicyclic amines) is 1. The maximum Gasteiger partial charge on any atom is 0.255 e. The summed E-state index contributed by atoms with van der Waals surface area (Å²) in [7, 11) is 0. The number of nitrogens with zero attached hydrogens (tertiary/aromatic N) is 1. The summed E-state index contributed by atoms with van der Waals surface area (Å²) in [6.07, 6.45) is 2.01. The van der Waals surface area contributed by atoms with Crippen molar-refractivity contribution in [1.82, 2.24) is 4.90 Å². The van der Waals surface area contributed by atoms with Crippen LogP contribution in [-0.4, -0.2) is 29.9 Å². The minimum atomic E-state index is 0. The Kier molecular flexibility index (Phi) is 6.31. The monoisotopic (exact) mass is 316 g/mol. The summed E-state index contributed by atoms with van der Waals surface area (Å²) < 4.78 is 0. The zero-order valence-corrected chi connectivity index (χ0v) is 13.5. The Morgan fingerprint density at radius 1 is 1.50 bits per heavy atom. The molecule has 0 saturated carbocycles. The van der Waals surface area contributed by atoms with Crippen LogP contribution in [0, 0.1) is 12.8 Å². The second-order valence-corrected chi connectivity index (χ2v) is 5.83. The first-order chi connectivity index (χ1) is 9.04. The van der Waals surface area contributed by atoms with E-state index in [-0.39, 0.29) is 24.4 Å². The highest BCUT2D eigenvalue weighted by Crippen LogP contribution is 2.27. The average Bonchev–Trinajstić information content (AvgIpc) is 2.41. The number of hydrogen-bond acceptors (Lipinski definition) is 2. The lowest BCUT2D eigenvalue weighted by molar-refractivity contribution is 0.0574. The smallest absolute Gasteiger partial charge is 0.255 e. The Morgan fingerprint density at radius 3 is 2.85 bits per heavy atom. The molecule has 0 bridgehead atoms. The van der Waals surface area contributed by atoms with Crippen LogP contribution >= 0.6 is 24.0 Å². The van der Waals surface area contributed by atoms with E-state index in [9.17, 15) is 4.79 Å². The van der Waals surface area contributed by atoms with Gasteiger partial charge in [0.2, 0.25) is 0 Å². The molecule has 2 rings (SSSR count). The first-order valence-electron chi connectivity index (χ1n) is 6.80. The number of carbonyl (C=O) groups is 1. The summed E-state index contributed by atoms with van der Waals surface area (Å²) >= 11 is 6.25. The number of piperidine rings is 1. The number of carbonyl (C=O) groups excluding carboxylic acids is 1. The minimum Gasteiger partial charge on any atom is -0.334 e. The number of amides is 1. The minimum absolute atomic E-state index is 0.